The summed E-state index contributed by atoms with van der Waals surface area (Å²) in [6, 6.07) is 13.2. The van der Waals surface area contributed by atoms with Crippen LogP contribution in [-0.4, -0.2) is 9.55 Å². The highest BCUT2D eigenvalue weighted by atomic mass is 32.1. The van der Waals surface area contributed by atoms with Gasteiger partial charge in [0.05, 0.1) is 12.4 Å². The molecule has 1 aliphatic carbocycles. The summed E-state index contributed by atoms with van der Waals surface area (Å²) in [5.74, 6) is 0. The fourth-order valence-electron chi connectivity index (χ4n) is 3.01. The fraction of sp³-hybridized carbons (Fsp3) is 0.158. The Labute approximate surface area is 134 Å². The molecule has 1 aromatic carbocycles. The molecule has 2 heterocycles. The molecule has 0 amide bonds. The monoisotopic (exact) mass is 305 g/mol. The Balaban J connectivity index is 1.83. The van der Waals surface area contributed by atoms with Crippen LogP contribution in [0.5, 0.6) is 0 Å². The van der Waals surface area contributed by atoms with Crippen LogP contribution in [0.15, 0.2) is 60.7 Å². The van der Waals surface area contributed by atoms with Crippen LogP contribution >= 0.6 is 11.3 Å². The van der Waals surface area contributed by atoms with Crippen molar-refractivity contribution in [3.63, 3.8) is 0 Å². The molecule has 0 spiro atoms. The van der Waals surface area contributed by atoms with Gasteiger partial charge in [0.1, 0.15) is 0 Å². The molecule has 1 atom stereocenters. The van der Waals surface area contributed by atoms with Crippen molar-refractivity contribution >= 4 is 17.4 Å². The lowest BCUT2D eigenvalue weighted by Crippen LogP contribution is -2.08. The molecule has 0 saturated heterocycles. The van der Waals surface area contributed by atoms with E-state index in [0.717, 1.165) is 12.8 Å². The highest BCUT2D eigenvalue weighted by molar-refractivity contribution is 7.13. The minimum atomic E-state index is 0.195. The van der Waals surface area contributed by atoms with Gasteiger partial charge < -0.3 is 4.57 Å². The van der Waals surface area contributed by atoms with Gasteiger partial charge >= 0.3 is 0 Å². The van der Waals surface area contributed by atoms with E-state index in [1.165, 1.54) is 26.5 Å². The molecule has 0 bridgehead atoms. The standard InChI is InChI=1S/C19H17N2S/c1-14-7-8-16-12-18(22-17(16)11-14)19(21-10-9-20-13-21)15-5-3-2-4-6-15/h2-6,9-13,19H,1,7-8H2. The van der Waals surface area contributed by atoms with Gasteiger partial charge in [0.2, 0.25) is 0 Å². The molecule has 0 fully saturated rings. The van der Waals surface area contributed by atoms with Crippen molar-refractivity contribution in [2.75, 3.05) is 0 Å². The summed E-state index contributed by atoms with van der Waals surface area (Å²) in [5, 5.41) is 0. The number of hydrogen-bond donors (Lipinski definition) is 0. The van der Waals surface area contributed by atoms with Gasteiger partial charge in [0.15, 0.2) is 0 Å². The summed E-state index contributed by atoms with van der Waals surface area (Å²) in [7, 11) is 0. The third-order valence-corrected chi connectivity index (χ3v) is 5.30. The molecule has 1 unspecified atom stereocenters. The first kappa shape index (κ1) is 13.5. The minimum absolute atomic E-state index is 0.195. The van der Waals surface area contributed by atoms with Crippen LogP contribution in [0.3, 0.4) is 0 Å². The van der Waals surface area contributed by atoms with Gasteiger partial charge in [-0.15, -0.1) is 11.3 Å². The van der Waals surface area contributed by atoms with Crippen LogP contribution in [0.2, 0.25) is 0 Å². The second kappa shape index (κ2) is 5.58. The van der Waals surface area contributed by atoms with E-state index in [2.05, 4.69) is 58.9 Å². The van der Waals surface area contributed by atoms with Gasteiger partial charge in [0, 0.05) is 22.1 Å². The Morgan fingerprint density at radius 1 is 1.18 bits per heavy atom. The van der Waals surface area contributed by atoms with Crippen molar-refractivity contribution in [3.8, 4) is 0 Å². The number of fused-ring (bicyclic) bond motifs is 1. The Morgan fingerprint density at radius 2 is 2.05 bits per heavy atom. The molecule has 4 rings (SSSR count). The molecule has 0 N–H and O–H groups in total. The topological polar surface area (TPSA) is 17.8 Å². The Kier molecular flexibility index (Phi) is 3.43. The molecule has 22 heavy (non-hydrogen) atoms. The zero-order valence-corrected chi connectivity index (χ0v) is 13.1. The maximum Gasteiger partial charge on any atom is 0.0954 e. The van der Waals surface area contributed by atoms with Gasteiger partial charge in [-0.25, -0.2) is 4.98 Å². The Hall–Kier alpha value is -2.13. The van der Waals surface area contributed by atoms with Crippen molar-refractivity contribution in [1.82, 2.24) is 9.55 Å². The van der Waals surface area contributed by atoms with E-state index in [9.17, 15) is 0 Å². The van der Waals surface area contributed by atoms with Crippen molar-refractivity contribution in [1.29, 1.82) is 0 Å². The first-order valence-electron chi connectivity index (χ1n) is 7.49. The number of hydrogen-bond acceptors (Lipinski definition) is 2. The van der Waals surface area contributed by atoms with E-state index in [1.807, 2.05) is 30.1 Å². The fourth-order valence-corrected chi connectivity index (χ4v) is 4.35. The van der Waals surface area contributed by atoms with Crippen LogP contribution in [-0.2, 0) is 6.42 Å². The highest BCUT2D eigenvalue weighted by Gasteiger charge is 2.21. The lowest BCUT2D eigenvalue weighted by molar-refractivity contribution is 0.687. The first-order chi connectivity index (χ1) is 10.8. The number of imidazole rings is 1. The number of benzene rings is 1. The predicted octanol–water partition coefficient (Wildman–Crippen LogP) is 4.75. The van der Waals surface area contributed by atoms with Crippen molar-refractivity contribution in [2.45, 2.75) is 18.9 Å². The smallest absolute Gasteiger partial charge is 0.0954 e. The molecular formula is C19H17N2S. The maximum atomic E-state index is 4.23. The molecule has 1 radical (unpaired) electrons. The molecule has 109 valence electrons. The van der Waals surface area contributed by atoms with Crippen LogP contribution in [0.1, 0.15) is 33.3 Å². The first-order valence-corrected chi connectivity index (χ1v) is 8.30. The van der Waals surface area contributed by atoms with Crippen molar-refractivity contribution < 1.29 is 0 Å². The van der Waals surface area contributed by atoms with Crippen LogP contribution in [0.4, 0.5) is 0 Å². The number of aryl methyl sites for hydroxylation is 1. The number of aromatic nitrogens is 2. The van der Waals surface area contributed by atoms with Crippen LogP contribution in [0, 0.1) is 6.92 Å². The quantitative estimate of drug-likeness (QED) is 0.683. The third-order valence-electron chi connectivity index (χ3n) is 4.12. The summed E-state index contributed by atoms with van der Waals surface area (Å²) < 4.78 is 2.18. The zero-order chi connectivity index (χ0) is 14.9. The molecule has 2 nitrogen and oxygen atoms in total. The van der Waals surface area contributed by atoms with E-state index in [4.69, 9.17) is 0 Å². The van der Waals surface area contributed by atoms with E-state index >= 15 is 0 Å². The number of rotatable bonds is 3. The molecule has 3 heteroatoms. The van der Waals surface area contributed by atoms with Crippen molar-refractivity contribution in [3.05, 3.63) is 88.5 Å². The van der Waals surface area contributed by atoms with Gasteiger partial charge in [-0.3, -0.25) is 0 Å². The molecule has 1 aliphatic rings. The van der Waals surface area contributed by atoms with E-state index < -0.39 is 0 Å². The number of nitrogens with zero attached hydrogens (tertiary/aromatic N) is 2. The van der Waals surface area contributed by atoms with E-state index in [0.29, 0.717) is 0 Å². The van der Waals surface area contributed by atoms with Crippen LogP contribution < -0.4 is 0 Å². The molecule has 0 saturated carbocycles. The van der Waals surface area contributed by atoms with E-state index in [1.54, 1.807) is 0 Å². The molecule has 3 aromatic rings. The maximum absolute atomic E-state index is 4.23. The second-order valence-corrected chi connectivity index (χ2v) is 6.78. The number of allylic oxidation sites excluding steroid dienone is 1. The van der Waals surface area contributed by atoms with E-state index in [-0.39, 0.29) is 6.04 Å². The molecular weight excluding hydrogens is 288 g/mol. The predicted molar refractivity (Wildman–Crippen MR) is 91.9 cm³/mol. The third kappa shape index (κ3) is 2.42. The summed E-state index contributed by atoms with van der Waals surface area (Å²) in [6.45, 7) is 4.11. The summed E-state index contributed by atoms with van der Waals surface area (Å²) in [6.07, 6.45) is 10.2. The minimum Gasteiger partial charge on any atom is -0.325 e. The summed E-state index contributed by atoms with van der Waals surface area (Å²) >= 11 is 1.88. The largest absolute Gasteiger partial charge is 0.325 e. The lowest BCUT2D eigenvalue weighted by atomic mass is 9.98. The number of thiophene rings is 1. The molecule has 0 aliphatic heterocycles. The van der Waals surface area contributed by atoms with Crippen molar-refractivity contribution in [2.24, 2.45) is 0 Å². The Bertz CT molecular complexity index is 797. The van der Waals surface area contributed by atoms with Crippen LogP contribution in [0.25, 0.3) is 6.08 Å². The zero-order valence-electron chi connectivity index (χ0n) is 12.3. The Morgan fingerprint density at radius 3 is 2.82 bits per heavy atom. The SMILES string of the molecule is [CH2]C1=Cc2sc(C(c3ccccc3)n3ccnc3)cc2CC1. The van der Waals surface area contributed by atoms with Gasteiger partial charge in [0.25, 0.3) is 0 Å². The van der Waals surface area contributed by atoms with Gasteiger partial charge in [-0.2, -0.15) is 0 Å². The average Bonchev–Trinajstić information content (AvgIpc) is 3.18. The molecule has 2 aromatic heterocycles. The second-order valence-electron chi connectivity index (χ2n) is 5.66. The average molecular weight is 305 g/mol. The van der Waals surface area contributed by atoms with Gasteiger partial charge in [-0.1, -0.05) is 35.9 Å². The lowest BCUT2D eigenvalue weighted by Gasteiger charge is -2.17. The normalized spacial score (nSPS) is 15.2. The summed E-state index contributed by atoms with van der Waals surface area (Å²) in [5.41, 5.74) is 3.98. The van der Waals surface area contributed by atoms with Gasteiger partial charge in [-0.05, 0) is 43.0 Å². The highest BCUT2D eigenvalue weighted by Crippen LogP contribution is 2.37. The summed E-state index contributed by atoms with van der Waals surface area (Å²) in [4.78, 5) is 6.96.